The van der Waals surface area contributed by atoms with Gasteiger partial charge in [0.05, 0.1) is 6.04 Å². The van der Waals surface area contributed by atoms with Gasteiger partial charge in [-0.25, -0.2) is 0 Å². The maximum Gasteiger partial charge on any atom is 0.0877 e. The van der Waals surface area contributed by atoms with Crippen LogP contribution in [0, 0.1) is 11.3 Å². The minimum atomic E-state index is 0.479. The molecule has 1 aliphatic rings. The summed E-state index contributed by atoms with van der Waals surface area (Å²) in [7, 11) is 0. The molecule has 1 rings (SSSR count). The number of quaternary nitrogens is 1. The number of hydrogen-bond donors (Lipinski definition) is 1. The Kier molecular flexibility index (Phi) is 2.58. The maximum absolute atomic E-state index is 4.25. The summed E-state index contributed by atoms with van der Waals surface area (Å²) in [6.07, 6.45) is 5.58. The highest BCUT2D eigenvalue weighted by Gasteiger charge is 2.34. The van der Waals surface area contributed by atoms with Crippen molar-refractivity contribution in [1.82, 2.24) is 0 Å². The highest BCUT2D eigenvalue weighted by molar-refractivity contribution is 4.82. The number of hydrogen-bond acceptors (Lipinski definition) is 0. The fraction of sp³-hybridized carbons (Fsp3) is 1.00. The van der Waals surface area contributed by atoms with Crippen LogP contribution in [0.15, 0.2) is 0 Å². The standard InChI is InChI=1S/C10H21N/c1-10(2,3)8-6-4-5-7-9(8)11/h8-9H,4-7,11H2,1-3H3/p+1/t8-,9+/m1/s1. The second-order valence-electron chi connectivity index (χ2n) is 5.02. The Morgan fingerprint density at radius 1 is 1.09 bits per heavy atom. The summed E-state index contributed by atoms with van der Waals surface area (Å²) in [6.45, 7) is 7.05. The molecule has 1 fully saturated rings. The normalized spacial score (nSPS) is 33.8. The molecular weight excluding hydrogens is 134 g/mol. The Bertz CT molecular complexity index is 123. The van der Waals surface area contributed by atoms with Crippen molar-refractivity contribution in [3.05, 3.63) is 0 Å². The highest BCUT2D eigenvalue weighted by Crippen LogP contribution is 2.36. The molecule has 0 amide bonds. The Hall–Kier alpha value is -0.0400. The minimum absolute atomic E-state index is 0.479. The maximum atomic E-state index is 4.25. The van der Waals surface area contributed by atoms with Crippen LogP contribution in [0.1, 0.15) is 46.5 Å². The van der Waals surface area contributed by atoms with Gasteiger partial charge < -0.3 is 5.73 Å². The summed E-state index contributed by atoms with van der Waals surface area (Å²) >= 11 is 0. The lowest BCUT2D eigenvalue weighted by Crippen LogP contribution is -2.67. The largest absolute Gasteiger partial charge is 0.355 e. The Balaban J connectivity index is 2.55. The zero-order valence-corrected chi connectivity index (χ0v) is 8.19. The van der Waals surface area contributed by atoms with Crippen LogP contribution >= 0.6 is 0 Å². The van der Waals surface area contributed by atoms with Crippen molar-refractivity contribution in [3.8, 4) is 0 Å². The highest BCUT2D eigenvalue weighted by atomic mass is 14.7. The first-order valence-corrected chi connectivity index (χ1v) is 4.85. The molecule has 0 unspecified atom stereocenters. The molecule has 0 radical (unpaired) electrons. The summed E-state index contributed by atoms with van der Waals surface area (Å²) in [5.41, 5.74) is 4.72. The average molecular weight is 156 g/mol. The van der Waals surface area contributed by atoms with E-state index in [9.17, 15) is 0 Å². The van der Waals surface area contributed by atoms with Crippen LogP contribution in [0.25, 0.3) is 0 Å². The monoisotopic (exact) mass is 156 g/mol. The molecule has 0 heterocycles. The second kappa shape index (κ2) is 3.14. The van der Waals surface area contributed by atoms with Crippen LogP contribution in [-0.4, -0.2) is 6.04 Å². The zero-order valence-electron chi connectivity index (χ0n) is 8.19. The lowest BCUT2D eigenvalue weighted by Gasteiger charge is -2.36. The van der Waals surface area contributed by atoms with E-state index in [4.69, 9.17) is 0 Å². The van der Waals surface area contributed by atoms with E-state index >= 15 is 0 Å². The molecule has 0 spiro atoms. The molecule has 3 N–H and O–H groups in total. The molecule has 0 bridgehead atoms. The third kappa shape index (κ3) is 2.19. The number of rotatable bonds is 0. The van der Waals surface area contributed by atoms with Crippen LogP contribution in [0.2, 0.25) is 0 Å². The van der Waals surface area contributed by atoms with Gasteiger partial charge in [-0.2, -0.15) is 0 Å². The molecule has 1 saturated carbocycles. The zero-order chi connectivity index (χ0) is 8.48. The van der Waals surface area contributed by atoms with Crippen molar-refractivity contribution in [3.63, 3.8) is 0 Å². The van der Waals surface area contributed by atoms with E-state index in [1.165, 1.54) is 25.7 Å². The van der Waals surface area contributed by atoms with Gasteiger partial charge in [0.15, 0.2) is 0 Å². The van der Waals surface area contributed by atoms with E-state index < -0.39 is 0 Å². The van der Waals surface area contributed by atoms with Gasteiger partial charge in [-0.3, -0.25) is 0 Å². The quantitative estimate of drug-likeness (QED) is 0.554. The predicted octanol–water partition coefficient (Wildman–Crippen LogP) is 1.83. The molecule has 0 saturated heterocycles. The molecule has 1 heteroatoms. The predicted molar refractivity (Wildman–Crippen MR) is 48.1 cm³/mol. The molecule has 0 aromatic carbocycles. The van der Waals surface area contributed by atoms with Gasteiger partial charge in [-0.1, -0.05) is 27.2 Å². The summed E-state index contributed by atoms with van der Waals surface area (Å²) < 4.78 is 0. The van der Waals surface area contributed by atoms with E-state index in [1.807, 2.05) is 0 Å². The first kappa shape index (κ1) is 9.05. The summed E-state index contributed by atoms with van der Waals surface area (Å²) in [5.74, 6) is 0.858. The topological polar surface area (TPSA) is 27.6 Å². The van der Waals surface area contributed by atoms with Gasteiger partial charge in [0, 0.05) is 5.92 Å². The SMILES string of the molecule is CC(C)(C)[C@@H]1CCCC[C@@H]1[NH3+]. The first-order valence-electron chi connectivity index (χ1n) is 4.85. The lowest BCUT2D eigenvalue weighted by molar-refractivity contribution is -0.444. The summed E-state index contributed by atoms with van der Waals surface area (Å²) in [6, 6.07) is 0.712. The van der Waals surface area contributed by atoms with Crippen LogP contribution in [-0.2, 0) is 0 Å². The third-order valence-electron chi connectivity index (χ3n) is 3.02. The van der Waals surface area contributed by atoms with E-state index in [1.54, 1.807) is 0 Å². The fourth-order valence-electron chi connectivity index (χ4n) is 2.35. The second-order valence-corrected chi connectivity index (χ2v) is 5.02. The van der Waals surface area contributed by atoms with Crippen LogP contribution in [0.5, 0.6) is 0 Å². The van der Waals surface area contributed by atoms with Gasteiger partial charge in [0.25, 0.3) is 0 Å². The van der Waals surface area contributed by atoms with E-state index in [2.05, 4.69) is 26.5 Å². The molecule has 0 aliphatic heterocycles. The van der Waals surface area contributed by atoms with Gasteiger partial charge in [0.1, 0.15) is 0 Å². The van der Waals surface area contributed by atoms with Crippen molar-refractivity contribution in [1.29, 1.82) is 0 Å². The van der Waals surface area contributed by atoms with Crippen LogP contribution < -0.4 is 5.73 Å². The summed E-state index contributed by atoms with van der Waals surface area (Å²) in [4.78, 5) is 0. The first-order chi connectivity index (χ1) is 5.02. The van der Waals surface area contributed by atoms with Crippen molar-refractivity contribution in [2.75, 3.05) is 0 Å². The van der Waals surface area contributed by atoms with Crippen molar-refractivity contribution >= 4 is 0 Å². The minimum Gasteiger partial charge on any atom is -0.355 e. The molecule has 66 valence electrons. The van der Waals surface area contributed by atoms with Crippen molar-refractivity contribution in [2.45, 2.75) is 52.5 Å². The van der Waals surface area contributed by atoms with Crippen molar-refractivity contribution < 1.29 is 5.73 Å². The van der Waals surface area contributed by atoms with E-state index in [0.717, 1.165) is 5.92 Å². The van der Waals surface area contributed by atoms with Crippen LogP contribution in [0.3, 0.4) is 0 Å². The van der Waals surface area contributed by atoms with Crippen LogP contribution in [0.4, 0.5) is 0 Å². The summed E-state index contributed by atoms with van der Waals surface area (Å²) in [5, 5.41) is 0. The Labute approximate surface area is 70.4 Å². The van der Waals surface area contributed by atoms with E-state index in [-0.39, 0.29) is 0 Å². The molecule has 0 aromatic rings. The Morgan fingerprint density at radius 2 is 1.64 bits per heavy atom. The lowest BCUT2D eigenvalue weighted by atomic mass is 9.70. The molecule has 1 nitrogen and oxygen atoms in total. The molecule has 0 aromatic heterocycles. The Morgan fingerprint density at radius 3 is 2.00 bits per heavy atom. The molecule has 11 heavy (non-hydrogen) atoms. The molecule has 2 atom stereocenters. The molecule has 1 aliphatic carbocycles. The average Bonchev–Trinajstić information content (AvgIpc) is 1.86. The van der Waals surface area contributed by atoms with Gasteiger partial charge in [0.2, 0.25) is 0 Å². The molecular formula is C10H22N+. The van der Waals surface area contributed by atoms with Gasteiger partial charge >= 0.3 is 0 Å². The smallest absolute Gasteiger partial charge is 0.0877 e. The third-order valence-corrected chi connectivity index (χ3v) is 3.02. The van der Waals surface area contributed by atoms with E-state index in [0.29, 0.717) is 11.5 Å². The van der Waals surface area contributed by atoms with Crippen molar-refractivity contribution in [2.24, 2.45) is 11.3 Å². The van der Waals surface area contributed by atoms with Gasteiger partial charge in [-0.15, -0.1) is 0 Å². The van der Waals surface area contributed by atoms with Gasteiger partial charge in [-0.05, 0) is 24.7 Å². The fourth-order valence-corrected chi connectivity index (χ4v) is 2.35.